The molecule has 1 heterocycles. The molecule has 1 unspecified atom stereocenters. The maximum absolute atomic E-state index is 11.4. The quantitative estimate of drug-likeness (QED) is 0.669. The molecule has 0 saturated heterocycles. The van der Waals surface area contributed by atoms with Crippen molar-refractivity contribution in [3.05, 3.63) is 51.7 Å². The van der Waals surface area contributed by atoms with Crippen LogP contribution in [0.25, 0.3) is 0 Å². The van der Waals surface area contributed by atoms with Gasteiger partial charge in [0.1, 0.15) is 0 Å². The minimum atomic E-state index is -3.16. The molecule has 0 fully saturated rings. The van der Waals surface area contributed by atoms with Gasteiger partial charge in [-0.1, -0.05) is 12.1 Å². The van der Waals surface area contributed by atoms with Crippen LogP contribution in [0.3, 0.4) is 0 Å². The summed E-state index contributed by atoms with van der Waals surface area (Å²) in [6, 6.07) is 8.69. The van der Waals surface area contributed by atoms with Gasteiger partial charge in [-0.25, -0.2) is 13.8 Å². The van der Waals surface area contributed by atoms with Crippen LogP contribution in [0.2, 0.25) is 0 Å². The molecule has 19 heavy (non-hydrogen) atoms. The lowest BCUT2D eigenvalue weighted by atomic mass is 10.0. The number of benzene rings is 1. The maximum atomic E-state index is 11.4. The average molecular weight is 296 g/mol. The summed E-state index contributed by atoms with van der Waals surface area (Å²) < 4.78 is 22.9. The normalized spacial score (nSPS) is 13.4. The zero-order chi connectivity index (χ0) is 14.0. The van der Waals surface area contributed by atoms with E-state index in [4.69, 9.17) is 5.84 Å². The van der Waals surface area contributed by atoms with E-state index in [2.05, 4.69) is 5.43 Å². The molecule has 3 N–H and O–H groups in total. The number of nitrogens with one attached hydrogen (secondary N) is 1. The molecule has 1 aromatic heterocycles. The summed E-state index contributed by atoms with van der Waals surface area (Å²) in [5.41, 5.74) is 4.83. The van der Waals surface area contributed by atoms with E-state index in [-0.39, 0.29) is 6.04 Å². The first kappa shape index (κ1) is 14.2. The van der Waals surface area contributed by atoms with Crippen LogP contribution in [0.15, 0.2) is 40.6 Å². The van der Waals surface area contributed by atoms with Crippen LogP contribution in [0.4, 0.5) is 0 Å². The first-order valence-electron chi connectivity index (χ1n) is 5.73. The third kappa shape index (κ3) is 3.03. The summed E-state index contributed by atoms with van der Waals surface area (Å²) >= 11 is 1.66. The number of sulfone groups is 1. The highest BCUT2D eigenvalue weighted by Crippen LogP contribution is 2.28. The molecule has 1 atom stereocenters. The lowest BCUT2D eigenvalue weighted by molar-refractivity contribution is 0.601. The SMILES string of the molecule is Cc1sccc1C(NN)c1ccc(S(C)(=O)=O)cc1. The van der Waals surface area contributed by atoms with Crippen molar-refractivity contribution < 1.29 is 8.42 Å². The fraction of sp³-hybridized carbons (Fsp3) is 0.231. The van der Waals surface area contributed by atoms with Crippen molar-refractivity contribution in [3.63, 3.8) is 0 Å². The second kappa shape index (κ2) is 5.42. The largest absolute Gasteiger partial charge is 0.271 e. The van der Waals surface area contributed by atoms with E-state index in [0.29, 0.717) is 4.90 Å². The Morgan fingerprint density at radius 2 is 1.84 bits per heavy atom. The number of nitrogens with two attached hydrogens (primary N) is 1. The summed E-state index contributed by atoms with van der Waals surface area (Å²) in [5.74, 6) is 5.63. The van der Waals surface area contributed by atoms with Crippen molar-refractivity contribution in [2.75, 3.05) is 6.26 Å². The molecular weight excluding hydrogens is 280 g/mol. The van der Waals surface area contributed by atoms with E-state index in [1.807, 2.05) is 18.4 Å². The molecular formula is C13H16N2O2S2. The third-order valence-corrected chi connectivity index (χ3v) is 5.01. The molecule has 6 heteroatoms. The second-order valence-corrected chi connectivity index (χ2v) is 7.51. The van der Waals surface area contributed by atoms with Crippen LogP contribution in [0.5, 0.6) is 0 Å². The molecule has 0 radical (unpaired) electrons. The van der Waals surface area contributed by atoms with Crippen LogP contribution in [-0.4, -0.2) is 14.7 Å². The number of aryl methyl sites for hydroxylation is 1. The van der Waals surface area contributed by atoms with Gasteiger partial charge in [0, 0.05) is 11.1 Å². The Hall–Kier alpha value is -1.21. The lowest BCUT2D eigenvalue weighted by Crippen LogP contribution is -2.28. The monoisotopic (exact) mass is 296 g/mol. The van der Waals surface area contributed by atoms with Gasteiger partial charge in [0.25, 0.3) is 0 Å². The van der Waals surface area contributed by atoms with Gasteiger partial charge in [-0.2, -0.15) is 0 Å². The summed E-state index contributed by atoms with van der Waals surface area (Å²) in [5, 5.41) is 2.01. The number of hydrazine groups is 1. The summed E-state index contributed by atoms with van der Waals surface area (Å²) in [6.07, 6.45) is 1.20. The van der Waals surface area contributed by atoms with Crippen LogP contribution >= 0.6 is 11.3 Å². The lowest BCUT2D eigenvalue weighted by Gasteiger charge is -2.16. The smallest absolute Gasteiger partial charge is 0.175 e. The molecule has 0 spiro atoms. The molecule has 0 amide bonds. The Balaban J connectivity index is 2.38. The van der Waals surface area contributed by atoms with Crippen molar-refractivity contribution in [1.82, 2.24) is 5.43 Å². The van der Waals surface area contributed by atoms with Gasteiger partial charge in [0.05, 0.1) is 10.9 Å². The van der Waals surface area contributed by atoms with Crippen molar-refractivity contribution in [2.24, 2.45) is 5.84 Å². The highest BCUT2D eigenvalue weighted by atomic mass is 32.2. The Kier molecular flexibility index (Phi) is 4.05. The summed E-state index contributed by atoms with van der Waals surface area (Å²) in [7, 11) is -3.16. The Morgan fingerprint density at radius 1 is 1.21 bits per heavy atom. The average Bonchev–Trinajstić information content (AvgIpc) is 2.76. The highest BCUT2D eigenvalue weighted by Gasteiger charge is 2.16. The first-order valence-corrected chi connectivity index (χ1v) is 8.50. The Bertz CT molecular complexity index is 660. The van der Waals surface area contributed by atoms with Crippen LogP contribution < -0.4 is 11.3 Å². The van der Waals surface area contributed by atoms with E-state index < -0.39 is 9.84 Å². The van der Waals surface area contributed by atoms with Gasteiger partial charge >= 0.3 is 0 Å². The number of thiophene rings is 1. The van der Waals surface area contributed by atoms with E-state index in [0.717, 1.165) is 11.1 Å². The maximum Gasteiger partial charge on any atom is 0.175 e. The molecule has 0 saturated carbocycles. The van der Waals surface area contributed by atoms with E-state index in [1.54, 1.807) is 35.6 Å². The zero-order valence-electron chi connectivity index (χ0n) is 10.8. The van der Waals surface area contributed by atoms with Crippen molar-refractivity contribution in [1.29, 1.82) is 0 Å². The van der Waals surface area contributed by atoms with Crippen molar-refractivity contribution in [2.45, 2.75) is 17.9 Å². The van der Waals surface area contributed by atoms with Crippen LogP contribution in [0, 0.1) is 6.92 Å². The number of hydrogen-bond donors (Lipinski definition) is 2. The number of rotatable bonds is 4. The fourth-order valence-corrected chi connectivity index (χ4v) is 3.34. The predicted molar refractivity (Wildman–Crippen MR) is 77.8 cm³/mol. The number of hydrogen-bond acceptors (Lipinski definition) is 5. The van der Waals surface area contributed by atoms with Crippen LogP contribution in [0.1, 0.15) is 22.0 Å². The molecule has 0 aliphatic carbocycles. The van der Waals surface area contributed by atoms with Gasteiger partial charge in [0.15, 0.2) is 9.84 Å². The van der Waals surface area contributed by atoms with Gasteiger partial charge in [0.2, 0.25) is 0 Å². The Labute approximate surface area is 117 Å². The standard InChI is InChI=1S/C13H16N2O2S2/c1-9-12(7-8-18-9)13(15-14)10-3-5-11(6-4-10)19(2,16)17/h3-8,13,15H,14H2,1-2H3. The second-order valence-electron chi connectivity index (χ2n) is 4.37. The predicted octanol–water partition coefficient (Wildman–Crippen LogP) is 2.01. The molecule has 2 aromatic rings. The van der Waals surface area contributed by atoms with Gasteiger partial charge < -0.3 is 0 Å². The highest BCUT2D eigenvalue weighted by molar-refractivity contribution is 7.90. The molecule has 0 aliphatic heterocycles. The van der Waals surface area contributed by atoms with E-state index in [1.165, 1.54) is 11.1 Å². The Morgan fingerprint density at radius 3 is 2.26 bits per heavy atom. The molecule has 1 aromatic carbocycles. The summed E-state index contributed by atoms with van der Waals surface area (Å²) in [4.78, 5) is 1.50. The van der Waals surface area contributed by atoms with E-state index >= 15 is 0 Å². The molecule has 4 nitrogen and oxygen atoms in total. The summed E-state index contributed by atoms with van der Waals surface area (Å²) in [6.45, 7) is 2.04. The fourth-order valence-electron chi connectivity index (χ4n) is 1.97. The molecule has 0 bridgehead atoms. The van der Waals surface area contributed by atoms with Crippen molar-refractivity contribution >= 4 is 21.2 Å². The van der Waals surface area contributed by atoms with E-state index in [9.17, 15) is 8.42 Å². The topological polar surface area (TPSA) is 72.2 Å². The minimum Gasteiger partial charge on any atom is -0.271 e. The minimum absolute atomic E-state index is 0.125. The molecule has 2 rings (SSSR count). The van der Waals surface area contributed by atoms with Gasteiger partial charge in [-0.05, 0) is 41.6 Å². The molecule has 102 valence electrons. The zero-order valence-corrected chi connectivity index (χ0v) is 12.4. The first-order chi connectivity index (χ1) is 8.93. The third-order valence-electron chi connectivity index (χ3n) is 3.02. The molecule has 0 aliphatic rings. The van der Waals surface area contributed by atoms with Crippen molar-refractivity contribution in [3.8, 4) is 0 Å². The van der Waals surface area contributed by atoms with Crippen LogP contribution in [-0.2, 0) is 9.84 Å². The van der Waals surface area contributed by atoms with Gasteiger partial charge in [-0.3, -0.25) is 5.84 Å². The van der Waals surface area contributed by atoms with Gasteiger partial charge in [-0.15, -0.1) is 11.3 Å².